The second-order valence-corrected chi connectivity index (χ2v) is 10.1. The molecule has 0 aliphatic heterocycles. The lowest BCUT2D eigenvalue weighted by Gasteiger charge is -2.20. The van der Waals surface area contributed by atoms with Gasteiger partial charge in [-0.05, 0) is 45.2 Å². The first-order valence-corrected chi connectivity index (χ1v) is 13.1. The fraction of sp³-hybridized carbons (Fsp3) is 0.162. The molecule has 5 aromatic carbocycles. The standard InChI is InChI=1S/C37H34N2/c1-26(2)30-19-13-20-31(27(3)4)36(30)38-25-39(35-24-12-11-23-34(35)38)37-32(28-15-7-5-8-16-28)21-14-22-33(37)29-17-9-6-10-18-29/h5-24,26-27H,1-4H3/i5D,6D,7D,8D,9D,10D,15D,16D,17D. The van der Waals surface area contributed by atoms with Gasteiger partial charge in [-0.15, -0.1) is 0 Å². The van der Waals surface area contributed by atoms with Crippen molar-refractivity contribution in [2.45, 2.75) is 39.5 Å². The highest BCUT2D eigenvalue weighted by molar-refractivity contribution is 5.84. The maximum atomic E-state index is 8.88. The van der Waals surface area contributed by atoms with E-state index in [1.165, 1.54) is 6.07 Å². The molecule has 2 heteroatoms. The number of aromatic nitrogens is 2. The van der Waals surface area contributed by atoms with Gasteiger partial charge in [0, 0.05) is 0 Å². The Morgan fingerprint density at radius 3 is 1.92 bits per heavy atom. The lowest BCUT2D eigenvalue weighted by atomic mass is 9.92. The van der Waals surface area contributed by atoms with Gasteiger partial charge in [-0.1, -0.05) is 149 Å². The average molecular weight is 516 g/mol. The molecule has 0 unspecified atom stereocenters. The number of fused-ring (bicyclic) bond motifs is 1. The number of hydrogen-bond donors (Lipinski definition) is 0. The summed E-state index contributed by atoms with van der Waals surface area (Å²) in [4.78, 5) is 0. The van der Waals surface area contributed by atoms with Crippen LogP contribution in [-0.4, -0.2) is 4.57 Å². The van der Waals surface area contributed by atoms with Gasteiger partial charge >= 0.3 is 0 Å². The van der Waals surface area contributed by atoms with Crippen LogP contribution in [-0.2, 0) is 0 Å². The van der Waals surface area contributed by atoms with Crippen molar-refractivity contribution in [1.82, 2.24) is 4.57 Å². The van der Waals surface area contributed by atoms with E-state index in [-0.39, 0.29) is 53.2 Å². The Labute approximate surface area is 244 Å². The molecular formula is C37H34N2. The molecular weight excluding hydrogens is 472 g/mol. The minimum Gasteiger partial charge on any atom is -0.291 e. The third-order valence-electron chi connectivity index (χ3n) is 7.00. The van der Waals surface area contributed by atoms with Gasteiger partial charge < -0.3 is 0 Å². The smallest absolute Gasteiger partial charge is 0.269 e. The summed E-state index contributed by atoms with van der Waals surface area (Å²) >= 11 is 0. The van der Waals surface area contributed by atoms with Gasteiger partial charge in [-0.25, -0.2) is 0 Å². The Balaban J connectivity index is 1.83. The number of benzene rings is 5. The molecule has 6 rings (SSSR count). The Kier molecular flexibility index (Phi) is 4.40. The van der Waals surface area contributed by atoms with Crippen molar-refractivity contribution in [2.75, 3.05) is 0 Å². The zero-order chi connectivity index (χ0) is 34.8. The summed E-state index contributed by atoms with van der Waals surface area (Å²) in [6.07, 6.45) is 3.56. The predicted molar refractivity (Wildman–Crippen MR) is 163 cm³/mol. The summed E-state index contributed by atoms with van der Waals surface area (Å²) in [5.74, 6) is 0.353. The van der Waals surface area contributed by atoms with E-state index in [1.807, 2.05) is 28.8 Å². The van der Waals surface area contributed by atoms with Crippen LogP contribution < -0.4 is 4.57 Å². The quantitative estimate of drug-likeness (QED) is 0.154. The van der Waals surface area contributed by atoms with Crippen LogP contribution in [0.5, 0.6) is 0 Å². The van der Waals surface area contributed by atoms with Crippen LogP contribution in [0.15, 0.2) is 121 Å². The van der Waals surface area contributed by atoms with Crippen LogP contribution in [0.2, 0.25) is 0 Å². The van der Waals surface area contributed by atoms with Gasteiger partial charge in [0.1, 0.15) is 0 Å². The zero-order valence-electron chi connectivity index (χ0n) is 31.4. The predicted octanol–water partition coefficient (Wildman–Crippen LogP) is 9.29. The van der Waals surface area contributed by atoms with E-state index in [4.69, 9.17) is 12.3 Å². The van der Waals surface area contributed by atoms with Crippen LogP contribution in [0.3, 0.4) is 0 Å². The maximum absolute atomic E-state index is 8.88. The SMILES string of the molecule is [2H]c1cc(-c2cccc(-c3c([2H])c([2H])c([2H])c([2H])c3[2H])c2-[n+]2[c-]n(-c3c(C(C)C)cccc3C(C)C)c3ccccc32)c([2H])c([2H])c1[2H]. The van der Waals surface area contributed by atoms with Gasteiger partial charge in [0.2, 0.25) is 0 Å². The number of imidazole rings is 1. The molecule has 0 amide bonds. The van der Waals surface area contributed by atoms with E-state index in [0.29, 0.717) is 22.3 Å². The molecule has 0 saturated carbocycles. The summed E-state index contributed by atoms with van der Waals surface area (Å²) in [5, 5.41) is 0. The van der Waals surface area contributed by atoms with Crippen molar-refractivity contribution < 1.29 is 16.9 Å². The highest BCUT2D eigenvalue weighted by Crippen LogP contribution is 2.36. The lowest BCUT2D eigenvalue weighted by molar-refractivity contribution is -0.571. The van der Waals surface area contributed by atoms with Crippen LogP contribution in [0, 0.1) is 6.33 Å². The molecule has 0 radical (unpaired) electrons. The molecule has 2 nitrogen and oxygen atoms in total. The van der Waals surface area contributed by atoms with Crippen molar-refractivity contribution in [3.05, 3.63) is 139 Å². The normalized spacial score (nSPS) is 14.8. The third-order valence-corrected chi connectivity index (χ3v) is 7.00. The van der Waals surface area contributed by atoms with E-state index in [0.717, 1.165) is 22.3 Å². The largest absolute Gasteiger partial charge is 0.291 e. The second kappa shape index (κ2) is 10.4. The average Bonchev–Trinajstić information content (AvgIpc) is 3.45. The third kappa shape index (κ3) is 4.46. The number of hydrogen-bond acceptors (Lipinski definition) is 0. The van der Waals surface area contributed by atoms with Crippen molar-refractivity contribution >= 4 is 11.0 Å². The fourth-order valence-electron chi connectivity index (χ4n) is 5.17. The first kappa shape index (κ1) is 16.5. The number of para-hydroxylation sites is 4. The van der Waals surface area contributed by atoms with Crippen LogP contribution in [0.1, 0.15) is 63.0 Å². The first-order chi connectivity index (χ1) is 22.8. The first-order valence-electron chi connectivity index (χ1n) is 17.6. The molecule has 1 aromatic heterocycles. The van der Waals surface area contributed by atoms with E-state index in [2.05, 4.69) is 52.2 Å². The monoisotopic (exact) mass is 515 g/mol. The van der Waals surface area contributed by atoms with Gasteiger partial charge in [0.25, 0.3) is 6.33 Å². The summed E-state index contributed by atoms with van der Waals surface area (Å²) in [5.41, 5.74) is 5.93. The van der Waals surface area contributed by atoms with Crippen molar-refractivity contribution in [3.8, 4) is 33.6 Å². The Hall–Kier alpha value is -4.43. The van der Waals surface area contributed by atoms with Gasteiger partial charge in [0.15, 0.2) is 0 Å². The summed E-state index contributed by atoms with van der Waals surface area (Å²) < 4.78 is 80.5. The molecule has 0 N–H and O–H groups in total. The molecule has 0 fully saturated rings. The minimum absolute atomic E-state index is 0.0260. The molecule has 0 aliphatic rings. The van der Waals surface area contributed by atoms with E-state index in [9.17, 15) is 0 Å². The van der Waals surface area contributed by atoms with Crippen LogP contribution in [0.25, 0.3) is 44.7 Å². The summed E-state index contributed by atoms with van der Waals surface area (Å²) in [6.45, 7) is 8.54. The van der Waals surface area contributed by atoms with E-state index >= 15 is 0 Å². The van der Waals surface area contributed by atoms with Gasteiger partial charge in [-0.2, -0.15) is 0 Å². The van der Waals surface area contributed by atoms with Crippen molar-refractivity contribution in [1.29, 1.82) is 0 Å². The topological polar surface area (TPSA) is 8.81 Å². The number of rotatable bonds is 6. The Morgan fingerprint density at radius 1 is 0.641 bits per heavy atom. The van der Waals surface area contributed by atoms with Gasteiger partial charge in [-0.3, -0.25) is 9.13 Å². The highest BCUT2D eigenvalue weighted by Gasteiger charge is 2.22. The molecule has 0 spiro atoms. The summed E-state index contributed by atoms with van der Waals surface area (Å²) in [6, 6.07) is 16.9. The molecule has 192 valence electrons. The lowest BCUT2D eigenvalue weighted by Crippen LogP contribution is -2.31. The fourth-order valence-corrected chi connectivity index (χ4v) is 5.17. The molecule has 6 aromatic rings. The minimum atomic E-state index is -0.508. The molecule has 1 heterocycles. The molecule has 0 bridgehead atoms. The van der Waals surface area contributed by atoms with E-state index in [1.54, 1.807) is 22.8 Å². The van der Waals surface area contributed by atoms with Crippen molar-refractivity contribution in [2.24, 2.45) is 0 Å². The van der Waals surface area contributed by atoms with Gasteiger partial charge in [0.05, 0.1) is 34.7 Å². The molecule has 0 aliphatic carbocycles. The highest BCUT2D eigenvalue weighted by atomic mass is 15.1. The second-order valence-electron chi connectivity index (χ2n) is 10.1. The Morgan fingerprint density at radius 2 is 1.23 bits per heavy atom. The van der Waals surface area contributed by atoms with Crippen LogP contribution in [0.4, 0.5) is 0 Å². The zero-order valence-corrected chi connectivity index (χ0v) is 22.4. The summed E-state index contributed by atoms with van der Waals surface area (Å²) in [7, 11) is 0. The molecule has 0 saturated heterocycles. The number of nitrogens with zero attached hydrogens (tertiary/aromatic N) is 2. The Bertz CT molecular complexity index is 2200. The van der Waals surface area contributed by atoms with Crippen LogP contribution >= 0.6 is 0 Å². The molecule has 39 heavy (non-hydrogen) atoms. The molecule has 0 atom stereocenters. The van der Waals surface area contributed by atoms with Crippen molar-refractivity contribution in [3.63, 3.8) is 0 Å². The van der Waals surface area contributed by atoms with E-state index < -0.39 is 24.2 Å². The maximum Gasteiger partial charge on any atom is 0.269 e.